The summed E-state index contributed by atoms with van der Waals surface area (Å²) in [6.07, 6.45) is 4.74. The standard InChI is InChI=1S/C28H35N7OS/c1-6-20-16-35(23-14-27(36)32(5)24-17-33(12-11-29)31-28(23)24)21(7-2)15-34(20)18(4)19-9-10-22-25(13-19)37-26(8-3)30-22/h9-10,13-14,17-18,20-21H,6-8,12,15-16H2,1-5H3/t18-,20+,21-/m0/s1. The van der Waals surface area contributed by atoms with Crippen LogP contribution in [-0.4, -0.2) is 49.4 Å². The molecule has 0 bridgehead atoms. The Kier molecular flexibility index (Phi) is 7.06. The van der Waals surface area contributed by atoms with Gasteiger partial charge in [-0.15, -0.1) is 11.3 Å². The molecule has 0 amide bonds. The summed E-state index contributed by atoms with van der Waals surface area (Å²) in [6, 6.07) is 11.5. The third-order valence-electron chi connectivity index (χ3n) is 7.90. The lowest BCUT2D eigenvalue weighted by molar-refractivity contribution is 0.101. The van der Waals surface area contributed by atoms with Gasteiger partial charge in [0.25, 0.3) is 5.56 Å². The highest BCUT2D eigenvalue weighted by molar-refractivity contribution is 7.18. The Balaban J connectivity index is 1.49. The lowest BCUT2D eigenvalue weighted by atomic mass is 9.96. The smallest absolute Gasteiger partial charge is 0.252 e. The first-order chi connectivity index (χ1) is 17.9. The molecule has 4 aromatic rings. The van der Waals surface area contributed by atoms with Crippen LogP contribution >= 0.6 is 11.3 Å². The van der Waals surface area contributed by atoms with Crippen LogP contribution in [0.15, 0.2) is 35.3 Å². The number of pyridine rings is 1. The molecule has 4 heterocycles. The lowest BCUT2D eigenvalue weighted by Crippen LogP contribution is -2.58. The monoisotopic (exact) mass is 517 g/mol. The second-order valence-electron chi connectivity index (χ2n) is 9.98. The number of piperazine rings is 1. The third kappa shape index (κ3) is 4.53. The summed E-state index contributed by atoms with van der Waals surface area (Å²) in [7, 11) is 1.77. The van der Waals surface area contributed by atoms with Crippen molar-refractivity contribution in [3.8, 4) is 6.07 Å². The van der Waals surface area contributed by atoms with Gasteiger partial charge < -0.3 is 9.47 Å². The molecule has 0 radical (unpaired) electrons. The van der Waals surface area contributed by atoms with Crippen molar-refractivity contribution >= 4 is 38.3 Å². The van der Waals surface area contributed by atoms with Crippen molar-refractivity contribution in [2.45, 2.75) is 71.6 Å². The molecule has 37 heavy (non-hydrogen) atoms. The van der Waals surface area contributed by atoms with E-state index in [1.54, 1.807) is 39.9 Å². The highest BCUT2D eigenvalue weighted by atomic mass is 32.1. The highest BCUT2D eigenvalue weighted by Gasteiger charge is 2.36. The fourth-order valence-corrected chi connectivity index (χ4v) is 6.61. The van der Waals surface area contributed by atoms with Crippen molar-refractivity contribution in [1.29, 1.82) is 5.26 Å². The van der Waals surface area contributed by atoms with Gasteiger partial charge in [-0.2, -0.15) is 10.4 Å². The number of nitrogens with zero attached hydrogens (tertiary/aromatic N) is 7. The average molecular weight is 518 g/mol. The molecular formula is C28H35N7OS. The minimum Gasteiger partial charge on any atom is -0.364 e. The molecule has 0 aliphatic carbocycles. The highest BCUT2D eigenvalue weighted by Crippen LogP contribution is 2.35. The number of aromatic nitrogens is 4. The van der Waals surface area contributed by atoms with E-state index in [0.29, 0.717) is 6.04 Å². The maximum absolute atomic E-state index is 12.9. The molecule has 5 rings (SSSR count). The molecule has 0 saturated carbocycles. The van der Waals surface area contributed by atoms with E-state index >= 15 is 0 Å². The number of thiazole rings is 1. The van der Waals surface area contributed by atoms with Crippen LogP contribution in [-0.2, 0) is 20.0 Å². The number of aryl methyl sites for hydroxylation is 2. The Bertz CT molecular complexity index is 1530. The number of nitriles is 1. The zero-order valence-corrected chi connectivity index (χ0v) is 23.1. The Labute approximate surface area is 221 Å². The zero-order chi connectivity index (χ0) is 26.3. The molecule has 8 nitrogen and oxygen atoms in total. The van der Waals surface area contributed by atoms with Crippen molar-refractivity contribution in [2.24, 2.45) is 7.05 Å². The summed E-state index contributed by atoms with van der Waals surface area (Å²) in [5.41, 5.74) is 4.79. The van der Waals surface area contributed by atoms with Crippen LogP contribution in [0.1, 0.15) is 57.1 Å². The van der Waals surface area contributed by atoms with Gasteiger partial charge in [0.2, 0.25) is 0 Å². The van der Waals surface area contributed by atoms with E-state index in [-0.39, 0.29) is 24.2 Å². The van der Waals surface area contributed by atoms with Crippen molar-refractivity contribution < 1.29 is 0 Å². The minimum atomic E-state index is -0.0537. The molecule has 1 aromatic carbocycles. The quantitative estimate of drug-likeness (QED) is 0.348. The summed E-state index contributed by atoms with van der Waals surface area (Å²) < 4.78 is 4.51. The van der Waals surface area contributed by atoms with Gasteiger partial charge in [0.05, 0.1) is 38.7 Å². The van der Waals surface area contributed by atoms with Crippen molar-refractivity contribution in [2.75, 3.05) is 18.0 Å². The van der Waals surface area contributed by atoms with Crippen LogP contribution in [0.5, 0.6) is 0 Å². The number of hydrogen-bond acceptors (Lipinski definition) is 7. The van der Waals surface area contributed by atoms with Crippen LogP contribution < -0.4 is 10.5 Å². The molecule has 1 aliphatic rings. The molecule has 1 aliphatic heterocycles. The topological polar surface area (TPSA) is 83.0 Å². The third-order valence-corrected chi connectivity index (χ3v) is 9.06. The Hall–Kier alpha value is -3.22. The summed E-state index contributed by atoms with van der Waals surface area (Å²) in [4.78, 5) is 22.7. The van der Waals surface area contributed by atoms with Gasteiger partial charge in [-0.3, -0.25) is 14.4 Å². The lowest BCUT2D eigenvalue weighted by Gasteiger charge is -2.49. The van der Waals surface area contributed by atoms with Crippen molar-refractivity contribution in [1.82, 2.24) is 24.2 Å². The molecule has 3 aromatic heterocycles. The molecule has 0 spiro atoms. The normalized spacial score (nSPS) is 19.5. The Morgan fingerprint density at radius 2 is 1.95 bits per heavy atom. The number of rotatable bonds is 7. The van der Waals surface area contributed by atoms with E-state index < -0.39 is 0 Å². The summed E-state index contributed by atoms with van der Waals surface area (Å²) in [5.74, 6) is 0. The van der Waals surface area contributed by atoms with E-state index in [9.17, 15) is 10.1 Å². The van der Waals surface area contributed by atoms with E-state index in [0.717, 1.165) is 54.6 Å². The molecule has 0 unspecified atom stereocenters. The van der Waals surface area contributed by atoms with Crippen LogP contribution in [0.25, 0.3) is 21.3 Å². The Morgan fingerprint density at radius 3 is 2.65 bits per heavy atom. The van der Waals surface area contributed by atoms with Gasteiger partial charge in [0.1, 0.15) is 12.1 Å². The van der Waals surface area contributed by atoms with Crippen LogP contribution in [0.2, 0.25) is 0 Å². The van der Waals surface area contributed by atoms with Crippen molar-refractivity contribution in [3.63, 3.8) is 0 Å². The van der Waals surface area contributed by atoms with Gasteiger partial charge in [-0.1, -0.05) is 26.8 Å². The van der Waals surface area contributed by atoms with Crippen LogP contribution in [0, 0.1) is 11.3 Å². The van der Waals surface area contributed by atoms with Crippen LogP contribution in [0.4, 0.5) is 5.69 Å². The summed E-state index contributed by atoms with van der Waals surface area (Å²) in [6.45, 7) is 10.8. The molecule has 194 valence electrons. The molecule has 9 heteroatoms. The SMILES string of the molecule is CCc1nc2ccc([C@H](C)N3C[C@H](CC)N(c4cc(=O)n(C)c5cn(CC#N)nc45)C[C@H]3CC)cc2s1. The minimum absolute atomic E-state index is 0.0537. The average Bonchev–Trinajstić information content (AvgIpc) is 3.53. The van der Waals surface area contributed by atoms with Crippen LogP contribution in [0.3, 0.4) is 0 Å². The summed E-state index contributed by atoms with van der Waals surface area (Å²) >= 11 is 1.80. The molecule has 3 atom stereocenters. The maximum atomic E-state index is 12.9. The second kappa shape index (κ2) is 10.3. The number of benzene rings is 1. The maximum Gasteiger partial charge on any atom is 0.252 e. The number of fused-ring (bicyclic) bond motifs is 2. The first-order valence-electron chi connectivity index (χ1n) is 13.2. The largest absolute Gasteiger partial charge is 0.364 e. The van der Waals surface area contributed by atoms with E-state index in [4.69, 9.17) is 10.1 Å². The predicted molar refractivity (Wildman–Crippen MR) is 150 cm³/mol. The van der Waals surface area contributed by atoms with Gasteiger partial charge in [-0.05, 0) is 43.9 Å². The zero-order valence-electron chi connectivity index (χ0n) is 22.3. The predicted octanol–water partition coefficient (Wildman–Crippen LogP) is 4.87. The van der Waals surface area contributed by atoms with Crippen molar-refractivity contribution in [3.05, 3.63) is 51.4 Å². The fraction of sp³-hybridized carbons (Fsp3) is 0.500. The second-order valence-corrected chi connectivity index (χ2v) is 11.1. The van der Waals surface area contributed by atoms with E-state index in [1.807, 2.05) is 0 Å². The van der Waals surface area contributed by atoms with E-state index in [2.05, 4.69) is 61.8 Å². The first kappa shape index (κ1) is 25.4. The van der Waals surface area contributed by atoms with E-state index in [1.165, 1.54) is 15.3 Å². The molecular weight excluding hydrogens is 482 g/mol. The number of anilines is 1. The van der Waals surface area contributed by atoms with Gasteiger partial charge >= 0.3 is 0 Å². The number of hydrogen-bond donors (Lipinski definition) is 0. The van der Waals surface area contributed by atoms with Gasteiger partial charge in [0.15, 0.2) is 0 Å². The summed E-state index contributed by atoms with van der Waals surface area (Å²) in [5, 5.41) is 15.1. The first-order valence-corrected chi connectivity index (χ1v) is 14.1. The molecule has 1 saturated heterocycles. The molecule has 0 N–H and O–H groups in total. The molecule has 1 fully saturated rings. The Morgan fingerprint density at radius 1 is 1.16 bits per heavy atom. The van der Waals surface area contributed by atoms with Gasteiger partial charge in [0, 0.05) is 44.3 Å². The van der Waals surface area contributed by atoms with Gasteiger partial charge in [-0.25, -0.2) is 4.98 Å². The fourth-order valence-electron chi connectivity index (χ4n) is 5.66.